The number of nitrogens with zero attached hydrogens (tertiary/aromatic N) is 1. The van der Waals surface area contributed by atoms with Gasteiger partial charge in [-0.1, -0.05) is 27.3 Å². The topological polar surface area (TPSA) is 42.0 Å². The Morgan fingerprint density at radius 3 is 3.12 bits per heavy atom. The van der Waals surface area contributed by atoms with Gasteiger partial charge in [-0.25, -0.2) is 9.37 Å². The van der Waals surface area contributed by atoms with Gasteiger partial charge in [-0.05, 0) is 18.2 Å². The van der Waals surface area contributed by atoms with Crippen molar-refractivity contribution in [3.8, 4) is 0 Å². The molecule has 3 nitrogen and oxygen atoms in total. The number of anilines is 1. The lowest BCUT2D eigenvalue weighted by Gasteiger charge is -1.96. The first kappa shape index (κ1) is 11.5. The van der Waals surface area contributed by atoms with E-state index >= 15 is 0 Å². The largest absolute Gasteiger partial charge is 0.302 e. The van der Waals surface area contributed by atoms with Crippen molar-refractivity contribution >= 4 is 48.5 Å². The van der Waals surface area contributed by atoms with E-state index in [0.717, 1.165) is 4.70 Å². The Bertz CT molecular complexity index is 529. The number of hydrogen-bond acceptors (Lipinski definition) is 3. The molecule has 0 aliphatic carbocycles. The maximum absolute atomic E-state index is 12.9. The van der Waals surface area contributed by atoms with Gasteiger partial charge in [0.1, 0.15) is 5.82 Å². The Kier molecular flexibility index (Phi) is 3.50. The van der Waals surface area contributed by atoms with Crippen LogP contribution in [0.5, 0.6) is 0 Å². The summed E-state index contributed by atoms with van der Waals surface area (Å²) in [7, 11) is 0. The number of amides is 1. The van der Waals surface area contributed by atoms with E-state index in [1.54, 1.807) is 6.07 Å². The van der Waals surface area contributed by atoms with E-state index < -0.39 is 0 Å². The summed E-state index contributed by atoms with van der Waals surface area (Å²) in [6.07, 6.45) is 0.393. The predicted octanol–water partition coefficient (Wildman–Crippen LogP) is 3.16. The van der Waals surface area contributed by atoms with Crippen LogP contribution < -0.4 is 5.32 Å². The van der Waals surface area contributed by atoms with Crippen molar-refractivity contribution in [3.05, 3.63) is 24.0 Å². The van der Waals surface area contributed by atoms with Gasteiger partial charge in [0, 0.05) is 11.8 Å². The van der Waals surface area contributed by atoms with Gasteiger partial charge in [0.25, 0.3) is 0 Å². The van der Waals surface area contributed by atoms with E-state index in [1.165, 1.54) is 23.5 Å². The van der Waals surface area contributed by atoms with Crippen LogP contribution in [0.4, 0.5) is 9.52 Å². The third kappa shape index (κ3) is 2.56. The number of alkyl halides is 1. The molecule has 0 aliphatic rings. The SMILES string of the molecule is O=C(CCBr)Nc1nc2ccc(F)cc2s1. The maximum atomic E-state index is 12.9. The zero-order valence-corrected chi connectivity index (χ0v) is 10.6. The number of thiazole rings is 1. The molecule has 1 aromatic heterocycles. The minimum Gasteiger partial charge on any atom is -0.302 e. The number of aromatic nitrogens is 1. The number of fused-ring (bicyclic) bond motifs is 1. The van der Waals surface area contributed by atoms with Gasteiger partial charge in [0.05, 0.1) is 10.2 Å². The van der Waals surface area contributed by atoms with Gasteiger partial charge in [-0.2, -0.15) is 0 Å². The molecule has 0 unspecified atom stereocenters. The number of carbonyl (C=O) groups excluding carboxylic acids is 1. The molecule has 6 heteroatoms. The lowest BCUT2D eigenvalue weighted by Crippen LogP contribution is -2.11. The Morgan fingerprint density at radius 1 is 1.56 bits per heavy atom. The number of hydrogen-bond donors (Lipinski definition) is 1. The number of rotatable bonds is 3. The summed E-state index contributed by atoms with van der Waals surface area (Å²) in [5, 5.41) is 3.78. The van der Waals surface area contributed by atoms with Crippen LogP contribution in [0.15, 0.2) is 18.2 Å². The van der Waals surface area contributed by atoms with Crippen molar-refractivity contribution < 1.29 is 9.18 Å². The maximum Gasteiger partial charge on any atom is 0.226 e. The molecule has 84 valence electrons. The summed E-state index contributed by atoms with van der Waals surface area (Å²) in [5.74, 6) is -0.397. The van der Waals surface area contributed by atoms with Crippen molar-refractivity contribution in [2.45, 2.75) is 6.42 Å². The molecule has 1 amide bonds. The van der Waals surface area contributed by atoms with Crippen LogP contribution in [0, 0.1) is 5.82 Å². The van der Waals surface area contributed by atoms with Crippen LogP contribution in [0.3, 0.4) is 0 Å². The monoisotopic (exact) mass is 302 g/mol. The average molecular weight is 303 g/mol. The standard InChI is InChI=1S/C10H8BrFN2OS/c11-4-3-9(15)14-10-13-7-2-1-6(12)5-8(7)16-10/h1-2,5H,3-4H2,(H,13,14,15). The van der Waals surface area contributed by atoms with Gasteiger partial charge < -0.3 is 5.32 Å². The highest BCUT2D eigenvalue weighted by Gasteiger charge is 2.07. The lowest BCUT2D eigenvalue weighted by atomic mass is 10.3. The first-order chi connectivity index (χ1) is 7.69. The number of benzene rings is 1. The van der Waals surface area contributed by atoms with Crippen LogP contribution in [0.25, 0.3) is 10.2 Å². The molecule has 2 rings (SSSR count). The molecule has 0 aliphatic heterocycles. The Morgan fingerprint density at radius 2 is 2.38 bits per heavy atom. The second-order valence-corrected chi connectivity index (χ2v) is 4.94. The van der Waals surface area contributed by atoms with Crippen molar-refractivity contribution in [1.29, 1.82) is 0 Å². The summed E-state index contributed by atoms with van der Waals surface area (Å²) in [4.78, 5) is 15.5. The van der Waals surface area contributed by atoms with Crippen LogP contribution >= 0.6 is 27.3 Å². The fourth-order valence-corrected chi connectivity index (χ4v) is 2.49. The fraction of sp³-hybridized carbons (Fsp3) is 0.200. The van der Waals surface area contributed by atoms with E-state index in [9.17, 15) is 9.18 Å². The average Bonchev–Trinajstić information content (AvgIpc) is 2.59. The molecule has 1 heterocycles. The van der Waals surface area contributed by atoms with E-state index in [0.29, 0.717) is 22.4 Å². The zero-order chi connectivity index (χ0) is 11.5. The van der Waals surface area contributed by atoms with Crippen molar-refractivity contribution in [2.75, 3.05) is 10.6 Å². The molecule has 1 aromatic carbocycles. The first-order valence-corrected chi connectivity index (χ1v) is 6.55. The quantitative estimate of drug-likeness (QED) is 0.885. The first-order valence-electron chi connectivity index (χ1n) is 4.61. The summed E-state index contributed by atoms with van der Waals surface area (Å²) < 4.78 is 13.6. The van der Waals surface area contributed by atoms with Gasteiger partial charge in [0.15, 0.2) is 5.13 Å². The Balaban J connectivity index is 2.23. The van der Waals surface area contributed by atoms with Gasteiger partial charge in [-0.3, -0.25) is 4.79 Å². The highest BCUT2D eigenvalue weighted by molar-refractivity contribution is 9.09. The van der Waals surface area contributed by atoms with Crippen LogP contribution in [-0.2, 0) is 4.79 Å². The minimum absolute atomic E-state index is 0.101. The molecule has 0 fully saturated rings. The summed E-state index contributed by atoms with van der Waals surface area (Å²) >= 11 is 4.45. The molecular weight excluding hydrogens is 295 g/mol. The molecular formula is C10H8BrFN2OS. The van der Waals surface area contributed by atoms with Gasteiger partial charge in [-0.15, -0.1) is 0 Å². The molecule has 0 radical (unpaired) electrons. The van der Waals surface area contributed by atoms with Gasteiger partial charge >= 0.3 is 0 Å². The van der Waals surface area contributed by atoms with Gasteiger partial charge in [0.2, 0.25) is 5.91 Å². The number of carbonyl (C=O) groups is 1. The molecule has 0 bridgehead atoms. The number of halogens is 2. The van der Waals surface area contributed by atoms with E-state index in [2.05, 4.69) is 26.2 Å². The molecule has 0 saturated carbocycles. The van der Waals surface area contributed by atoms with Crippen molar-refractivity contribution in [1.82, 2.24) is 4.98 Å². The van der Waals surface area contributed by atoms with Crippen molar-refractivity contribution in [3.63, 3.8) is 0 Å². The fourth-order valence-electron chi connectivity index (χ4n) is 1.22. The summed E-state index contributed by atoms with van der Waals surface area (Å²) in [6, 6.07) is 4.36. The normalized spacial score (nSPS) is 10.6. The molecule has 0 atom stereocenters. The lowest BCUT2D eigenvalue weighted by molar-refractivity contribution is -0.115. The summed E-state index contributed by atoms with van der Waals surface area (Å²) in [6.45, 7) is 0. The van der Waals surface area contributed by atoms with Crippen LogP contribution in [0.2, 0.25) is 0 Å². The molecule has 2 aromatic rings. The third-order valence-electron chi connectivity index (χ3n) is 1.92. The predicted molar refractivity (Wildman–Crippen MR) is 66.6 cm³/mol. The molecule has 1 N–H and O–H groups in total. The highest BCUT2D eigenvalue weighted by atomic mass is 79.9. The second kappa shape index (κ2) is 4.88. The molecule has 0 saturated heterocycles. The van der Waals surface area contributed by atoms with Crippen molar-refractivity contribution in [2.24, 2.45) is 0 Å². The minimum atomic E-state index is -0.297. The number of nitrogens with one attached hydrogen (secondary N) is 1. The molecule has 16 heavy (non-hydrogen) atoms. The molecule has 0 spiro atoms. The van der Waals surface area contributed by atoms with E-state index in [-0.39, 0.29) is 11.7 Å². The van der Waals surface area contributed by atoms with E-state index in [1.807, 2.05) is 0 Å². The Hall–Kier alpha value is -1.01. The third-order valence-corrected chi connectivity index (χ3v) is 3.25. The van der Waals surface area contributed by atoms with Crippen LogP contribution in [-0.4, -0.2) is 16.2 Å². The van der Waals surface area contributed by atoms with E-state index in [4.69, 9.17) is 0 Å². The highest BCUT2D eigenvalue weighted by Crippen LogP contribution is 2.26. The summed E-state index contributed by atoms with van der Waals surface area (Å²) in [5.41, 5.74) is 0.695. The zero-order valence-electron chi connectivity index (χ0n) is 8.17. The Labute approximate surface area is 104 Å². The smallest absolute Gasteiger partial charge is 0.226 e. The van der Waals surface area contributed by atoms with Crippen LogP contribution in [0.1, 0.15) is 6.42 Å². The second-order valence-electron chi connectivity index (χ2n) is 3.12.